The van der Waals surface area contributed by atoms with Gasteiger partial charge in [-0.15, -0.1) is 0 Å². The van der Waals surface area contributed by atoms with Gasteiger partial charge in [-0.25, -0.2) is 4.39 Å². The molecular weight excluding hydrogens is 357 g/mol. The van der Waals surface area contributed by atoms with Crippen LogP contribution in [0.4, 0.5) is 4.39 Å². The topological polar surface area (TPSA) is 56.1 Å². The van der Waals surface area contributed by atoms with E-state index in [4.69, 9.17) is 4.74 Å². The molecule has 0 saturated carbocycles. The molecule has 3 aromatic rings. The summed E-state index contributed by atoms with van der Waals surface area (Å²) in [6, 6.07) is 14.5. The summed E-state index contributed by atoms with van der Waals surface area (Å²) in [5, 5.41) is 7.20. The SMILES string of the molecule is COc1ccc(CCCNC(=O)c2cc(-c3ccc(F)c(C)c3)n(C)n2)cc1. The zero-order valence-corrected chi connectivity index (χ0v) is 16.3. The Morgan fingerprint density at radius 3 is 2.61 bits per heavy atom. The lowest BCUT2D eigenvalue weighted by Crippen LogP contribution is -2.25. The molecule has 1 N–H and O–H groups in total. The van der Waals surface area contributed by atoms with Gasteiger partial charge in [-0.2, -0.15) is 5.10 Å². The normalized spacial score (nSPS) is 10.7. The zero-order valence-electron chi connectivity index (χ0n) is 16.3. The fraction of sp³-hybridized carbons (Fsp3) is 0.273. The fourth-order valence-electron chi connectivity index (χ4n) is 3.03. The number of carbonyl (C=O) groups is 1. The second-order valence-electron chi connectivity index (χ2n) is 6.71. The summed E-state index contributed by atoms with van der Waals surface area (Å²) >= 11 is 0. The number of carbonyl (C=O) groups excluding carboxylic acids is 1. The minimum absolute atomic E-state index is 0.213. The number of methoxy groups -OCH3 is 1. The van der Waals surface area contributed by atoms with E-state index >= 15 is 0 Å². The molecule has 3 rings (SSSR count). The van der Waals surface area contributed by atoms with Gasteiger partial charge >= 0.3 is 0 Å². The molecule has 0 fully saturated rings. The summed E-state index contributed by atoms with van der Waals surface area (Å²) in [6.07, 6.45) is 1.70. The van der Waals surface area contributed by atoms with Crippen molar-refractivity contribution in [2.45, 2.75) is 19.8 Å². The Labute approximate surface area is 164 Å². The average molecular weight is 381 g/mol. The minimum atomic E-state index is -0.249. The Hall–Kier alpha value is -3.15. The zero-order chi connectivity index (χ0) is 20.1. The van der Waals surface area contributed by atoms with Crippen molar-refractivity contribution in [3.63, 3.8) is 0 Å². The van der Waals surface area contributed by atoms with Gasteiger partial charge in [-0.1, -0.05) is 12.1 Å². The van der Waals surface area contributed by atoms with Crippen molar-refractivity contribution in [2.75, 3.05) is 13.7 Å². The molecule has 0 radical (unpaired) electrons. The summed E-state index contributed by atoms with van der Waals surface area (Å²) in [5.41, 5.74) is 3.70. The van der Waals surface area contributed by atoms with Crippen LogP contribution in [-0.4, -0.2) is 29.3 Å². The lowest BCUT2D eigenvalue weighted by Gasteiger charge is -2.05. The van der Waals surface area contributed by atoms with E-state index < -0.39 is 0 Å². The van der Waals surface area contributed by atoms with E-state index in [0.29, 0.717) is 17.8 Å². The van der Waals surface area contributed by atoms with Crippen molar-refractivity contribution in [1.82, 2.24) is 15.1 Å². The molecule has 0 bridgehead atoms. The summed E-state index contributed by atoms with van der Waals surface area (Å²) in [5.74, 6) is 0.371. The number of halogens is 1. The van der Waals surface area contributed by atoms with Gasteiger partial charge in [0.25, 0.3) is 5.91 Å². The molecule has 146 valence electrons. The Morgan fingerprint density at radius 2 is 1.93 bits per heavy atom. The van der Waals surface area contributed by atoms with Crippen molar-refractivity contribution in [3.05, 3.63) is 71.2 Å². The second-order valence-corrected chi connectivity index (χ2v) is 6.71. The van der Waals surface area contributed by atoms with Crippen LogP contribution in [-0.2, 0) is 13.5 Å². The molecule has 0 aliphatic rings. The third kappa shape index (κ3) is 4.57. The smallest absolute Gasteiger partial charge is 0.271 e. The summed E-state index contributed by atoms with van der Waals surface area (Å²) in [6.45, 7) is 2.28. The van der Waals surface area contributed by atoms with Gasteiger partial charge in [0, 0.05) is 19.2 Å². The van der Waals surface area contributed by atoms with E-state index in [1.165, 1.54) is 11.6 Å². The molecule has 0 spiro atoms. The molecule has 1 aromatic heterocycles. The number of aryl methyl sites for hydroxylation is 3. The highest BCUT2D eigenvalue weighted by Gasteiger charge is 2.14. The van der Waals surface area contributed by atoms with E-state index in [0.717, 1.165) is 29.8 Å². The molecule has 0 aliphatic heterocycles. The lowest BCUT2D eigenvalue weighted by molar-refractivity contribution is 0.0947. The first-order valence-electron chi connectivity index (χ1n) is 9.19. The van der Waals surface area contributed by atoms with Crippen LogP contribution in [0, 0.1) is 12.7 Å². The van der Waals surface area contributed by atoms with E-state index in [9.17, 15) is 9.18 Å². The molecule has 28 heavy (non-hydrogen) atoms. The highest BCUT2D eigenvalue weighted by molar-refractivity contribution is 5.93. The Morgan fingerprint density at radius 1 is 1.18 bits per heavy atom. The number of aromatic nitrogens is 2. The number of nitrogens with zero attached hydrogens (tertiary/aromatic N) is 2. The van der Waals surface area contributed by atoms with Gasteiger partial charge in [0.15, 0.2) is 5.69 Å². The number of nitrogens with one attached hydrogen (secondary N) is 1. The van der Waals surface area contributed by atoms with Crippen LogP contribution in [0.15, 0.2) is 48.5 Å². The van der Waals surface area contributed by atoms with Gasteiger partial charge in [0.2, 0.25) is 0 Å². The van der Waals surface area contributed by atoms with E-state index in [-0.39, 0.29) is 11.7 Å². The molecule has 1 heterocycles. The highest BCUT2D eigenvalue weighted by Crippen LogP contribution is 2.22. The van der Waals surface area contributed by atoms with E-state index in [1.54, 1.807) is 44.0 Å². The maximum atomic E-state index is 13.5. The van der Waals surface area contributed by atoms with Crippen LogP contribution in [0.1, 0.15) is 28.0 Å². The van der Waals surface area contributed by atoms with Crippen molar-refractivity contribution in [1.29, 1.82) is 0 Å². The molecule has 5 nitrogen and oxygen atoms in total. The van der Waals surface area contributed by atoms with E-state index in [2.05, 4.69) is 10.4 Å². The quantitative estimate of drug-likeness (QED) is 0.632. The molecule has 0 unspecified atom stereocenters. The van der Waals surface area contributed by atoms with Gasteiger partial charge in [-0.05, 0) is 67.3 Å². The molecule has 6 heteroatoms. The summed E-state index contributed by atoms with van der Waals surface area (Å²) < 4.78 is 20.3. The maximum Gasteiger partial charge on any atom is 0.271 e. The highest BCUT2D eigenvalue weighted by atomic mass is 19.1. The fourth-order valence-corrected chi connectivity index (χ4v) is 3.03. The molecular formula is C22H24FN3O2. The minimum Gasteiger partial charge on any atom is -0.497 e. The van der Waals surface area contributed by atoms with Crippen LogP contribution in [0.3, 0.4) is 0 Å². The maximum absolute atomic E-state index is 13.5. The third-order valence-electron chi connectivity index (χ3n) is 4.65. The molecule has 0 saturated heterocycles. The number of hydrogen-bond acceptors (Lipinski definition) is 3. The van der Waals surface area contributed by atoms with Gasteiger partial charge in [0.1, 0.15) is 11.6 Å². The standard InChI is InChI=1S/C22H24FN3O2/c1-15-13-17(8-11-19(15)23)21-14-20(25-26(21)2)22(27)24-12-4-5-16-6-9-18(28-3)10-7-16/h6-11,13-14H,4-5,12H2,1-3H3,(H,24,27). The van der Waals surface area contributed by atoms with Crippen LogP contribution in [0.5, 0.6) is 5.75 Å². The Bertz CT molecular complexity index is 964. The van der Waals surface area contributed by atoms with Crippen molar-refractivity contribution >= 4 is 5.91 Å². The van der Waals surface area contributed by atoms with Crippen LogP contribution in [0.25, 0.3) is 11.3 Å². The van der Waals surface area contributed by atoms with Gasteiger partial charge < -0.3 is 10.1 Å². The monoisotopic (exact) mass is 381 g/mol. The van der Waals surface area contributed by atoms with Crippen LogP contribution < -0.4 is 10.1 Å². The average Bonchev–Trinajstić information content (AvgIpc) is 3.09. The Kier molecular flexibility index (Phi) is 6.09. The predicted molar refractivity (Wildman–Crippen MR) is 107 cm³/mol. The van der Waals surface area contributed by atoms with Crippen molar-refractivity contribution < 1.29 is 13.9 Å². The number of benzene rings is 2. The number of amides is 1. The van der Waals surface area contributed by atoms with Crippen LogP contribution in [0.2, 0.25) is 0 Å². The van der Waals surface area contributed by atoms with Crippen molar-refractivity contribution in [2.24, 2.45) is 7.05 Å². The summed E-state index contributed by atoms with van der Waals surface area (Å²) in [7, 11) is 3.42. The molecule has 2 aromatic carbocycles. The molecule has 1 amide bonds. The number of ether oxygens (including phenoxy) is 1. The first-order chi connectivity index (χ1) is 13.5. The van der Waals surface area contributed by atoms with Gasteiger partial charge in [-0.3, -0.25) is 9.48 Å². The molecule has 0 atom stereocenters. The van der Waals surface area contributed by atoms with E-state index in [1.807, 2.05) is 24.3 Å². The van der Waals surface area contributed by atoms with Crippen LogP contribution >= 0.6 is 0 Å². The first kappa shape index (κ1) is 19.6. The number of rotatable bonds is 7. The largest absolute Gasteiger partial charge is 0.497 e. The predicted octanol–water partition coefficient (Wildman–Crippen LogP) is 3.91. The molecule has 0 aliphatic carbocycles. The lowest BCUT2D eigenvalue weighted by atomic mass is 10.1. The number of hydrogen-bond donors (Lipinski definition) is 1. The van der Waals surface area contributed by atoms with Crippen molar-refractivity contribution in [3.8, 4) is 17.0 Å². The first-order valence-corrected chi connectivity index (χ1v) is 9.19. The Balaban J connectivity index is 1.56. The second kappa shape index (κ2) is 8.69. The van der Waals surface area contributed by atoms with Gasteiger partial charge in [0.05, 0.1) is 12.8 Å². The summed E-state index contributed by atoms with van der Waals surface area (Å²) in [4.78, 5) is 12.4. The third-order valence-corrected chi connectivity index (χ3v) is 4.65.